The van der Waals surface area contributed by atoms with Crippen molar-refractivity contribution in [3.63, 3.8) is 0 Å². The van der Waals surface area contributed by atoms with E-state index in [1.54, 1.807) is 6.07 Å². The summed E-state index contributed by atoms with van der Waals surface area (Å²) in [6.07, 6.45) is 0. The van der Waals surface area contributed by atoms with Crippen molar-refractivity contribution in [2.75, 3.05) is 41.0 Å². The third kappa shape index (κ3) is 5.45. The smallest absolute Gasteiger partial charge is 0.338 e. The highest BCUT2D eigenvalue weighted by Gasteiger charge is 2.17. The van der Waals surface area contributed by atoms with Gasteiger partial charge >= 0.3 is 5.97 Å². The van der Waals surface area contributed by atoms with Crippen LogP contribution in [-0.4, -0.2) is 63.6 Å². The minimum atomic E-state index is -0.668. The summed E-state index contributed by atoms with van der Waals surface area (Å²) in [5.74, 6) is -0.552. The molecule has 1 rings (SSSR count). The van der Waals surface area contributed by atoms with Gasteiger partial charge < -0.3 is 24.4 Å². The summed E-state index contributed by atoms with van der Waals surface area (Å²) in [7, 11) is 4.38. The third-order valence-corrected chi connectivity index (χ3v) is 3.11. The van der Waals surface area contributed by atoms with E-state index in [9.17, 15) is 14.4 Å². The van der Waals surface area contributed by atoms with Crippen LogP contribution in [0.15, 0.2) is 18.2 Å². The Bertz CT molecular complexity index is 602. The predicted molar refractivity (Wildman–Crippen MR) is 86.1 cm³/mol. The molecule has 0 aromatic heterocycles. The Labute approximate surface area is 140 Å². The molecule has 2 amide bonds. The topological polar surface area (TPSA) is 94.2 Å². The molecule has 8 heteroatoms. The van der Waals surface area contributed by atoms with Crippen molar-refractivity contribution in [2.45, 2.75) is 6.92 Å². The van der Waals surface area contributed by atoms with E-state index in [2.05, 4.69) is 5.32 Å². The molecule has 0 radical (unpaired) electrons. The molecule has 0 spiro atoms. The second-order valence-electron chi connectivity index (χ2n) is 4.80. The molecule has 0 aliphatic carbocycles. The lowest BCUT2D eigenvalue weighted by Gasteiger charge is -2.16. The van der Waals surface area contributed by atoms with Gasteiger partial charge in [-0.05, 0) is 25.1 Å². The quantitative estimate of drug-likeness (QED) is 0.692. The fourth-order valence-electron chi connectivity index (χ4n) is 1.77. The first-order chi connectivity index (χ1) is 11.4. The maximum Gasteiger partial charge on any atom is 0.338 e. The summed E-state index contributed by atoms with van der Waals surface area (Å²) >= 11 is 0. The van der Waals surface area contributed by atoms with Crippen LogP contribution < -0.4 is 14.8 Å². The van der Waals surface area contributed by atoms with Gasteiger partial charge in [-0.3, -0.25) is 9.59 Å². The Kier molecular flexibility index (Phi) is 7.54. The number of hydrogen-bond acceptors (Lipinski definition) is 6. The predicted octanol–water partition coefficient (Wildman–Crippen LogP) is 0.455. The van der Waals surface area contributed by atoms with Gasteiger partial charge in [-0.2, -0.15) is 0 Å². The highest BCUT2D eigenvalue weighted by atomic mass is 16.5. The maximum atomic E-state index is 12.0. The van der Waals surface area contributed by atoms with Gasteiger partial charge in [-0.25, -0.2) is 4.79 Å². The lowest BCUT2D eigenvalue weighted by Crippen LogP contribution is -2.39. The summed E-state index contributed by atoms with van der Waals surface area (Å²) in [6.45, 7) is 1.74. The molecular weight excluding hydrogens is 316 g/mol. The second kappa shape index (κ2) is 9.39. The minimum absolute atomic E-state index is 0.107. The molecule has 0 heterocycles. The molecule has 24 heavy (non-hydrogen) atoms. The van der Waals surface area contributed by atoms with Crippen molar-refractivity contribution < 1.29 is 28.6 Å². The van der Waals surface area contributed by atoms with Gasteiger partial charge in [0.2, 0.25) is 5.91 Å². The van der Waals surface area contributed by atoms with Crippen LogP contribution in [0, 0.1) is 0 Å². The molecule has 0 saturated heterocycles. The van der Waals surface area contributed by atoms with Crippen LogP contribution in [0.1, 0.15) is 17.3 Å². The van der Waals surface area contributed by atoms with E-state index >= 15 is 0 Å². The van der Waals surface area contributed by atoms with Crippen molar-refractivity contribution in [2.24, 2.45) is 0 Å². The standard InChI is InChI=1S/C16H22N2O6/c1-5-23-12-7-6-11(8-13(12)22-4)16(21)24-10-15(20)18(3)9-14(19)17-2/h6-8H,5,9-10H2,1-4H3,(H,17,19). The van der Waals surface area contributed by atoms with Gasteiger partial charge in [0.1, 0.15) is 0 Å². The van der Waals surface area contributed by atoms with Crippen molar-refractivity contribution in [1.82, 2.24) is 10.2 Å². The number of likely N-dealkylation sites (N-methyl/N-ethyl adjacent to an activating group) is 2. The molecule has 0 atom stereocenters. The van der Waals surface area contributed by atoms with Crippen molar-refractivity contribution in [1.29, 1.82) is 0 Å². The number of nitrogens with zero attached hydrogens (tertiary/aromatic N) is 1. The molecule has 1 N–H and O–H groups in total. The molecule has 0 unspecified atom stereocenters. The van der Waals surface area contributed by atoms with E-state index in [1.807, 2.05) is 6.92 Å². The Morgan fingerprint density at radius 2 is 1.92 bits per heavy atom. The number of carbonyl (C=O) groups excluding carboxylic acids is 3. The Morgan fingerprint density at radius 1 is 1.21 bits per heavy atom. The lowest BCUT2D eigenvalue weighted by molar-refractivity contribution is -0.137. The number of hydrogen-bond donors (Lipinski definition) is 1. The van der Waals surface area contributed by atoms with Crippen molar-refractivity contribution >= 4 is 17.8 Å². The molecular formula is C16H22N2O6. The number of ether oxygens (including phenoxy) is 3. The first kappa shape index (κ1) is 19.3. The summed E-state index contributed by atoms with van der Waals surface area (Å²) in [4.78, 5) is 36.2. The first-order valence-corrected chi connectivity index (χ1v) is 7.35. The van der Waals surface area contributed by atoms with Gasteiger partial charge in [0, 0.05) is 14.1 Å². The molecule has 1 aromatic carbocycles. The highest BCUT2D eigenvalue weighted by molar-refractivity contribution is 5.92. The Hall–Kier alpha value is -2.77. The van der Waals surface area contributed by atoms with Crippen molar-refractivity contribution in [3.8, 4) is 11.5 Å². The number of methoxy groups -OCH3 is 1. The van der Waals surface area contributed by atoms with Gasteiger partial charge in [0.15, 0.2) is 18.1 Å². The molecule has 1 aromatic rings. The fraction of sp³-hybridized carbons (Fsp3) is 0.438. The SMILES string of the molecule is CCOc1ccc(C(=O)OCC(=O)N(C)CC(=O)NC)cc1OC. The van der Waals surface area contributed by atoms with Crippen LogP contribution in [0.4, 0.5) is 0 Å². The zero-order chi connectivity index (χ0) is 18.1. The van der Waals surface area contributed by atoms with Crippen LogP contribution in [0.2, 0.25) is 0 Å². The summed E-state index contributed by atoms with van der Waals surface area (Å²) in [5.41, 5.74) is 0.233. The average Bonchev–Trinajstić information content (AvgIpc) is 2.59. The number of carbonyl (C=O) groups is 3. The number of rotatable bonds is 8. The molecule has 0 aliphatic heterocycles. The van der Waals surface area contributed by atoms with Gasteiger partial charge in [-0.1, -0.05) is 0 Å². The zero-order valence-corrected chi connectivity index (χ0v) is 14.3. The van der Waals surface area contributed by atoms with E-state index in [0.717, 1.165) is 0 Å². The highest BCUT2D eigenvalue weighted by Crippen LogP contribution is 2.28. The van der Waals surface area contributed by atoms with E-state index in [0.29, 0.717) is 18.1 Å². The largest absolute Gasteiger partial charge is 0.493 e. The van der Waals surface area contributed by atoms with Crippen molar-refractivity contribution in [3.05, 3.63) is 23.8 Å². The first-order valence-electron chi connectivity index (χ1n) is 7.35. The Balaban J connectivity index is 2.65. The monoisotopic (exact) mass is 338 g/mol. The van der Waals surface area contributed by atoms with Gasteiger partial charge in [0.05, 0.1) is 25.8 Å². The number of benzene rings is 1. The third-order valence-electron chi connectivity index (χ3n) is 3.11. The molecule has 0 bridgehead atoms. The normalized spacial score (nSPS) is 9.83. The van der Waals surface area contributed by atoms with Gasteiger partial charge in [-0.15, -0.1) is 0 Å². The molecule has 0 fully saturated rings. The second-order valence-corrected chi connectivity index (χ2v) is 4.80. The van der Waals surface area contributed by atoms with E-state index in [-0.39, 0.29) is 18.0 Å². The van der Waals surface area contributed by atoms with Gasteiger partial charge in [0.25, 0.3) is 5.91 Å². The summed E-state index contributed by atoms with van der Waals surface area (Å²) in [5, 5.41) is 2.40. The van der Waals surface area contributed by atoms with E-state index in [4.69, 9.17) is 14.2 Å². The number of esters is 1. The number of amides is 2. The van der Waals surface area contributed by atoms with Crippen LogP contribution in [-0.2, 0) is 14.3 Å². The van der Waals surface area contributed by atoms with Crippen LogP contribution in [0.5, 0.6) is 11.5 Å². The fourth-order valence-corrected chi connectivity index (χ4v) is 1.77. The summed E-state index contributed by atoms with van der Waals surface area (Å²) < 4.78 is 15.5. The van der Waals surface area contributed by atoms with E-state index in [1.165, 1.54) is 38.2 Å². The molecule has 8 nitrogen and oxygen atoms in total. The summed E-state index contributed by atoms with van der Waals surface area (Å²) in [6, 6.07) is 4.60. The van der Waals surface area contributed by atoms with Crippen LogP contribution in [0.3, 0.4) is 0 Å². The van der Waals surface area contributed by atoms with Crippen LogP contribution >= 0.6 is 0 Å². The lowest BCUT2D eigenvalue weighted by atomic mass is 10.2. The molecule has 0 saturated carbocycles. The van der Waals surface area contributed by atoms with Crippen LogP contribution in [0.25, 0.3) is 0 Å². The minimum Gasteiger partial charge on any atom is -0.493 e. The zero-order valence-electron chi connectivity index (χ0n) is 14.3. The molecule has 0 aliphatic rings. The molecule has 132 valence electrons. The Morgan fingerprint density at radius 3 is 2.50 bits per heavy atom. The maximum absolute atomic E-state index is 12.0. The number of nitrogens with one attached hydrogen (secondary N) is 1. The van der Waals surface area contributed by atoms with E-state index < -0.39 is 18.5 Å². The average molecular weight is 338 g/mol.